The van der Waals surface area contributed by atoms with Crippen LogP contribution in [0.3, 0.4) is 0 Å². The van der Waals surface area contributed by atoms with Gasteiger partial charge >= 0.3 is 0 Å². The lowest BCUT2D eigenvalue weighted by Gasteiger charge is -2.29. The molecule has 1 aliphatic rings. The molecule has 1 aromatic heterocycles. The first kappa shape index (κ1) is 16.3. The number of aromatic nitrogens is 1. The van der Waals surface area contributed by atoms with E-state index in [1.165, 1.54) is 0 Å². The van der Waals surface area contributed by atoms with Crippen molar-refractivity contribution in [3.05, 3.63) is 65.9 Å². The fourth-order valence-corrected chi connectivity index (χ4v) is 3.41. The molecule has 2 heterocycles. The largest absolute Gasteiger partial charge is 0.356 e. The Morgan fingerprint density at radius 1 is 1.15 bits per heavy atom. The van der Waals surface area contributed by atoms with Crippen LogP contribution in [0.1, 0.15) is 23.7 Å². The average molecular weight is 349 g/mol. The van der Waals surface area contributed by atoms with Gasteiger partial charge in [-0.25, -0.2) is 0 Å². The number of carbonyl (C=O) groups is 2. The lowest BCUT2D eigenvalue weighted by atomic mass is 10.0. The summed E-state index contributed by atoms with van der Waals surface area (Å²) in [5.41, 5.74) is 2.26. The molecule has 26 heavy (non-hydrogen) atoms. The van der Waals surface area contributed by atoms with Gasteiger partial charge in [0.25, 0.3) is 0 Å². The van der Waals surface area contributed by atoms with E-state index in [0.717, 1.165) is 10.9 Å². The number of fused-ring (bicyclic) bond motifs is 1. The average Bonchev–Trinajstić information content (AvgIpc) is 2.96. The maximum atomic E-state index is 13.1. The number of nitrogens with zero attached hydrogens (tertiary/aromatic N) is 2. The van der Waals surface area contributed by atoms with Crippen molar-refractivity contribution >= 4 is 22.8 Å². The molecule has 1 aliphatic heterocycles. The second kappa shape index (κ2) is 7.00. The molecule has 1 saturated heterocycles. The second-order valence-corrected chi connectivity index (χ2v) is 6.37. The summed E-state index contributed by atoms with van der Waals surface area (Å²) in [6.07, 6.45) is 0.407. The van der Waals surface area contributed by atoms with E-state index in [4.69, 9.17) is 4.52 Å². The third kappa shape index (κ3) is 3.18. The fraction of sp³-hybridized carbons (Fsp3) is 0.250. The van der Waals surface area contributed by atoms with E-state index in [0.29, 0.717) is 24.4 Å². The Morgan fingerprint density at radius 2 is 1.92 bits per heavy atom. The van der Waals surface area contributed by atoms with Gasteiger partial charge in [0.2, 0.25) is 11.8 Å². The highest BCUT2D eigenvalue weighted by molar-refractivity contribution is 5.87. The Balaban J connectivity index is 1.62. The smallest absolute Gasteiger partial charge is 0.229 e. The summed E-state index contributed by atoms with van der Waals surface area (Å²) >= 11 is 0. The zero-order valence-corrected chi connectivity index (χ0v) is 14.2. The minimum Gasteiger partial charge on any atom is -0.356 e. The topological polar surface area (TPSA) is 75.4 Å². The van der Waals surface area contributed by atoms with Crippen LogP contribution in [0, 0.1) is 0 Å². The summed E-state index contributed by atoms with van der Waals surface area (Å²) in [5.74, 6) is -0.101. The van der Waals surface area contributed by atoms with Crippen molar-refractivity contribution in [1.82, 2.24) is 15.4 Å². The maximum absolute atomic E-state index is 13.1. The molecular formula is C20H19N3O3. The van der Waals surface area contributed by atoms with Gasteiger partial charge in [-0.3, -0.25) is 9.59 Å². The standard InChI is InChI=1S/C20H19N3O3/c24-19-13-17(14-6-2-1-3-7-14)23(11-10-21-19)20(25)12-16-15-8-4-5-9-18(15)26-22-16/h1-9,17H,10-13H2,(H,21,24). The van der Waals surface area contributed by atoms with Crippen molar-refractivity contribution < 1.29 is 14.1 Å². The number of para-hydroxylation sites is 1. The third-order valence-electron chi connectivity index (χ3n) is 4.71. The van der Waals surface area contributed by atoms with E-state index in [2.05, 4.69) is 10.5 Å². The second-order valence-electron chi connectivity index (χ2n) is 6.37. The zero-order valence-electron chi connectivity index (χ0n) is 14.2. The van der Waals surface area contributed by atoms with Crippen molar-refractivity contribution in [3.63, 3.8) is 0 Å². The molecule has 1 N–H and O–H groups in total. The van der Waals surface area contributed by atoms with Gasteiger partial charge in [0, 0.05) is 18.5 Å². The summed E-state index contributed by atoms with van der Waals surface area (Å²) < 4.78 is 5.30. The van der Waals surface area contributed by atoms with Gasteiger partial charge in [0.1, 0.15) is 5.69 Å². The number of amides is 2. The zero-order chi connectivity index (χ0) is 17.9. The molecule has 1 fully saturated rings. The normalized spacial score (nSPS) is 17.8. The molecule has 3 aromatic rings. The van der Waals surface area contributed by atoms with E-state index in [1.54, 1.807) is 4.90 Å². The third-order valence-corrected chi connectivity index (χ3v) is 4.71. The molecule has 0 bridgehead atoms. The van der Waals surface area contributed by atoms with Crippen molar-refractivity contribution in [2.45, 2.75) is 18.9 Å². The van der Waals surface area contributed by atoms with Gasteiger partial charge in [-0.2, -0.15) is 0 Å². The number of nitrogens with one attached hydrogen (secondary N) is 1. The highest BCUT2D eigenvalue weighted by atomic mass is 16.5. The van der Waals surface area contributed by atoms with Gasteiger partial charge < -0.3 is 14.7 Å². The molecule has 4 rings (SSSR count). The van der Waals surface area contributed by atoms with Gasteiger partial charge in [-0.1, -0.05) is 47.6 Å². The molecule has 0 aliphatic carbocycles. The summed E-state index contributed by atoms with van der Waals surface area (Å²) in [5, 5.41) is 7.76. The Labute approximate surface area is 150 Å². The minimum absolute atomic E-state index is 0.0407. The molecule has 6 heteroatoms. The summed E-state index contributed by atoms with van der Waals surface area (Å²) in [7, 11) is 0. The summed E-state index contributed by atoms with van der Waals surface area (Å²) in [6.45, 7) is 0.924. The fourth-order valence-electron chi connectivity index (χ4n) is 3.41. The van der Waals surface area contributed by atoms with Crippen molar-refractivity contribution in [3.8, 4) is 0 Å². The Morgan fingerprint density at radius 3 is 2.77 bits per heavy atom. The van der Waals surface area contributed by atoms with E-state index in [1.807, 2.05) is 54.6 Å². The first-order valence-electron chi connectivity index (χ1n) is 8.67. The first-order valence-corrected chi connectivity index (χ1v) is 8.67. The first-order chi connectivity index (χ1) is 12.7. The van der Waals surface area contributed by atoms with Crippen LogP contribution in [0.15, 0.2) is 59.1 Å². The van der Waals surface area contributed by atoms with Crippen LogP contribution in [0.25, 0.3) is 11.0 Å². The lowest BCUT2D eigenvalue weighted by molar-refractivity contribution is -0.133. The Bertz CT molecular complexity index is 936. The van der Waals surface area contributed by atoms with Crippen LogP contribution in [0.4, 0.5) is 0 Å². The number of hydrogen-bond acceptors (Lipinski definition) is 4. The van der Waals surface area contributed by atoms with Crippen molar-refractivity contribution in [2.24, 2.45) is 0 Å². The molecule has 0 saturated carbocycles. The van der Waals surface area contributed by atoms with Gasteiger partial charge in [0.15, 0.2) is 5.58 Å². The molecule has 0 spiro atoms. The Hall–Kier alpha value is -3.15. The Kier molecular flexibility index (Phi) is 4.39. The van der Waals surface area contributed by atoms with Gasteiger partial charge in [-0.05, 0) is 17.7 Å². The lowest BCUT2D eigenvalue weighted by Crippen LogP contribution is -2.37. The van der Waals surface area contributed by atoms with E-state index < -0.39 is 0 Å². The highest BCUT2D eigenvalue weighted by Gasteiger charge is 2.30. The van der Waals surface area contributed by atoms with E-state index in [9.17, 15) is 9.59 Å². The molecule has 0 radical (unpaired) electrons. The SMILES string of the molecule is O=C1CC(c2ccccc2)N(C(=O)Cc2noc3ccccc23)CCN1. The number of benzene rings is 2. The molecular weight excluding hydrogens is 330 g/mol. The number of hydrogen-bond donors (Lipinski definition) is 1. The maximum Gasteiger partial charge on any atom is 0.229 e. The molecule has 1 atom stereocenters. The minimum atomic E-state index is -0.274. The quantitative estimate of drug-likeness (QED) is 0.788. The van der Waals surface area contributed by atoms with Gasteiger partial charge in [0.05, 0.1) is 18.9 Å². The van der Waals surface area contributed by atoms with Crippen LogP contribution in [0.2, 0.25) is 0 Å². The molecule has 6 nitrogen and oxygen atoms in total. The van der Waals surface area contributed by atoms with Crippen LogP contribution in [-0.4, -0.2) is 35.0 Å². The molecule has 132 valence electrons. The van der Waals surface area contributed by atoms with Crippen molar-refractivity contribution in [2.75, 3.05) is 13.1 Å². The van der Waals surface area contributed by atoms with E-state index >= 15 is 0 Å². The highest BCUT2D eigenvalue weighted by Crippen LogP contribution is 2.27. The summed E-state index contributed by atoms with van der Waals surface area (Å²) in [4.78, 5) is 26.9. The molecule has 2 aromatic carbocycles. The molecule has 2 amide bonds. The van der Waals surface area contributed by atoms with Gasteiger partial charge in [-0.15, -0.1) is 0 Å². The monoisotopic (exact) mass is 349 g/mol. The number of rotatable bonds is 3. The van der Waals surface area contributed by atoms with Crippen LogP contribution in [-0.2, 0) is 16.0 Å². The van der Waals surface area contributed by atoms with Crippen LogP contribution in [0.5, 0.6) is 0 Å². The van der Waals surface area contributed by atoms with Crippen molar-refractivity contribution in [1.29, 1.82) is 0 Å². The summed E-state index contributed by atoms with van der Waals surface area (Å²) in [6, 6.07) is 16.9. The van der Waals surface area contributed by atoms with Crippen LogP contribution >= 0.6 is 0 Å². The molecule has 1 unspecified atom stereocenters. The predicted octanol–water partition coefficient (Wildman–Crippen LogP) is 2.46. The van der Waals surface area contributed by atoms with E-state index in [-0.39, 0.29) is 30.7 Å². The van der Waals surface area contributed by atoms with Crippen LogP contribution < -0.4 is 5.32 Å². The number of carbonyl (C=O) groups excluding carboxylic acids is 2. The predicted molar refractivity (Wildman–Crippen MR) is 96.2 cm³/mol.